The van der Waals surface area contributed by atoms with Gasteiger partial charge in [0.1, 0.15) is 10.5 Å². The zero-order valence-corrected chi connectivity index (χ0v) is 10.6. The highest BCUT2D eigenvalue weighted by Crippen LogP contribution is 2.49. The van der Waals surface area contributed by atoms with Gasteiger partial charge in [-0.15, -0.1) is 0 Å². The van der Waals surface area contributed by atoms with Gasteiger partial charge in [-0.2, -0.15) is 13.2 Å². The van der Waals surface area contributed by atoms with E-state index in [1.807, 2.05) is 5.32 Å². The number of alkyl halides is 3. The second kappa shape index (κ2) is 4.48. The summed E-state index contributed by atoms with van der Waals surface area (Å²) in [5.41, 5.74) is 3.90. The predicted octanol–water partition coefficient (Wildman–Crippen LogP) is 2.15. The average molecular weight is 288 g/mol. The summed E-state index contributed by atoms with van der Waals surface area (Å²) in [6.45, 7) is 0. The molecule has 1 aliphatic rings. The van der Waals surface area contributed by atoms with E-state index in [2.05, 4.69) is 0 Å². The Labute approximate surface area is 113 Å². The van der Waals surface area contributed by atoms with Gasteiger partial charge >= 0.3 is 6.18 Å². The van der Waals surface area contributed by atoms with Gasteiger partial charge in [-0.25, -0.2) is 0 Å². The third-order valence-corrected chi connectivity index (χ3v) is 3.29. The Kier molecular flexibility index (Phi) is 3.25. The first-order valence-electron chi connectivity index (χ1n) is 5.54. The summed E-state index contributed by atoms with van der Waals surface area (Å²) in [5.74, 6) is -0.770. The van der Waals surface area contributed by atoms with Crippen LogP contribution in [0.2, 0.25) is 0 Å². The van der Waals surface area contributed by atoms with Crippen LogP contribution in [0.1, 0.15) is 28.8 Å². The normalized spacial score (nSPS) is 16.8. The third kappa shape index (κ3) is 2.70. The second-order valence-electron chi connectivity index (χ2n) is 4.48. The number of rotatable bonds is 3. The van der Waals surface area contributed by atoms with Crippen molar-refractivity contribution in [3.8, 4) is 0 Å². The lowest BCUT2D eigenvalue weighted by Gasteiger charge is -2.20. The number of carbonyl (C=O) groups excluding carboxylic acids is 1. The van der Waals surface area contributed by atoms with Gasteiger partial charge in [0, 0.05) is 11.1 Å². The average Bonchev–Trinajstić information content (AvgIpc) is 3.09. The minimum absolute atomic E-state index is 0.0861. The lowest BCUT2D eigenvalue weighted by Crippen LogP contribution is -2.47. The summed E-state index contributed by atoms with van der Waals surface area (Å²) in [4.78, 5) is 11.9. The number of nitrogens with two attached hydrogens (primary N) is 1. The first kappa shape index (κ1) is 13.8. The fourth-order valence-corrected chi connectivity index (χ4v) is 1.83. The van der Waals surface area contributed by atoms with Crippen LogP contribution in [0.5, 0.6) is 0 Å². The van der Waals surface area contributed by atoms with Crippen molar-refractivity contribution in [2.45, 2.75) is 24.6 Å². The molecule has 0 atom stereocenters. The third-order valence-electron chi connectivity index (χ3n) is 3.05. The van der Waals surface area contributed by atoms with Crippen LogP contribution in [0.3, 0.4) is 0 Å². The zero-order chi connectivity index (χ0) is 14.3. The van der Waals surface area contributed by atoms with Crippen molar-refractivity contribution in [3.05, 3.63) is 35.4 Å². The highest BCUT2D eigenvalue weighted by molar-refractivity contribution is 7.80. The first-order valence-corrected chi connectivity index (χ1v) is 5.95. The van der Waals surface area contributed by atoms with E-state index in [1.54, 1.807) is 6.07 Å². The molecule has 0 aromatic heterocycles. The minimum atomic E-state index is -4.43. The maximum absolute atomic E-state index is 12.7. The Morgan fingerprint density at radius 1 is 1.32 bits per heavy atom. The van der Waals surface area contributed by atoms with Crippen LogP contribution in [0.25, 0.3) is 0 Å². The quantitative estimate of drug-likeness (QED) is 0.838. The topological polar surface area (TPSA) is 55.1 Å². The molecule has 1 fully saturated rings. The largest absolute Gasteiger partial charge is 0.411 e. The molecular formula is C12H11F3N2OS. The van der Waals surface area contributed by atoms with Crippen LogP contribution in [0.15, 0.2) is 24.3 Å². The molecule has 7 heteroatoms. The van der Waals surface area contributed by atoms with Crippen molar-refractivity contribution in [1.82, 2.24) is 5.32 Å². The fourth-order valence-electron chi connectivity index (χ4n) is 1.71. The van der Waals surface area contributed by atoms with Crippen LogP contribution in [-0.4, -0.2) is 22.6 Å². The molecule has 0 aliphatic heterocycles. The van der Waals surface area contributed by atoms with Gasteiger partial charge in [-0.3, -0.25) is 4.79 Å². The molecule has 1 aromatic rings. The van der Waals surface area contributed by atoms with E-state index < -0.39 is 17.6 Å². The number of nitrogens with one attached hydrogen (secondary N) is 1. The Balaban J connectivity index is 2.17. The Hall–Kier alpha value is -1.63. The van der Waals surface area contributed by atoms with E-state index in [1.165, 1.54) is 18.2 Å². The molecule has 1 aliphatic carbocycles. The Bertz CT molecular complexity index is 538. The summed E-state index contributed by atoms with van der Waals surface area (Å²) in [6.07, 6.45) is -4.60. The molecule has 0 unspecified atom stereocenters. The molecule has 102 valence electrons. The van der Waals surface area contributed by atoms with Crippen LogP contribution in [-0.2, 0) is 0 Å². The molecule has 0 bridgehead atoms. The molecule has 2 rings (SSSR count). The number of halogens is 3. The first-order chi connectivity index (χ1) is 8.75. The standard InChI is InChI=1S/C12H11F3N2OS/c13-12(14,15)11(4-5-11)17-10(18)8-3-1-2-7(6-8)9(16)19/h1-3,6H,4-5H2,(H2,16,19)(H,17,18). The number of hydrogen-bond acceptors (Lipinski definition) is 2. The summed E-state index contributed by atoms with van der Waals surface area (Å²) < 4.78 is 38.2. The van der Waals surface area contributed by atoms with E-state index in [-0.39, 0.29) is 23.4 Å². The molecule has 1 aromatic carbocycles. The van der Waals surface area contributed by atoms with E-state index in [9.17, 15) is 18.0 Å². The van der Waals surface area contributed by atoms with Crippen LogP contribution < -0.4 is 11.1 Å². The molecule has 0 heterocycles. The highest BCUT2D eigenvalue weighted by Gasteiger charge is 2.64. The van der Waals surface area contributed by atoms with E-state index in [0.29, 0.717) is 5.56 Å². The van der Waals surface area contributed by atoms with Gasteiger partial charge in [0.2, 0.25) is 0 Å². The van der Waals surface area contributed by atoms with Crippen LogP contribution in [0.4, 0.5) is 13.2 Å². The molecule has 1 amide bonds. The molecule has 1 saturated carbocycles. The number of carbonyl (C=O) groups is 1. The van der Waals surface area contributed by atoms with Crippen molar-refractivity contribution in [2.75, 3.05) is 0 Å². The summed E-state index contributed by atoms with van der Waals surface area (Å²) in [5, 5.41) is 2.04. The Morgan fingerprint density at radius 2 is 1.89 bits per heavy atom. The van der Waals surface area contributed by atoms with Crippen molar-refractivity contribution < 1.29 is 18.0 Å². The van der Waals surface area contributed by atoms with Gasteiger partial charge in [0.25, 0.3) is 5.91 Å². The molecule has 19 heavy (non-hydrogen) atoms. The smallest absolute Gasteiger partial charge is 0.389 e. The molecule has 0 spiro atoms. The lowest BCUT2D eigenvalue weighted by molar-refractivity contribution is -0.163. The van der Waals surface area contributed by atoms with Gasteiger partial charge in [-0.1, -0.05) is 24.4 Å². The molecular weight excluding hydrogens is 277 g/mol. The Morgan fingerprint density at radius 3 is 2.37 bits per heavy atom. The van der Waals surface area contributed by atoms with Crippen LogP contribution in [0, 0.1) is 0 Å². The lowest BCUT2D eigenvalue weighted by atomic mass is 10.1. The number of hydrogen-bond donors (Lipinski definition) is 2. The van der Waals surface area contributed by atoms with Gasteiger partial charge in [-0.05, 0) is 25.0 Å². The summed E-state index contributed by atoms with van der Waals surface area (Å²) in [7, 11) is 0. The number of amides is 1. The maximum Gasteiger partial charge on any atom is 0.411 e. The van der Waals surface area contributed by atoms with E-state index >= 15 is 0 Å². The van der Waals surface area contributed by atoms with E-state index in [0.717, 1.165) is 0 Å². The van der Waals surface area contributed by atoms with Gasteiger partial charge in [0.05, 0.1) is 0 Å². The molecule has 0 saturated heterocycles. The van der Waals surface area contributed by atoms with Crippen LogP contribution >= 0.6 is 12.2 Å². The molecule has 3 nitrogen and oxygen atoms in total. The van der Waals surface area contributed by atoms with Crippen molar-refractivity contribution in [2.24, 2.45) is 5.73 Å². The van der Waals surface area contributed by atoms with Crippen molar-refractivity contribution >= 4 is 23.1 Å². The fraction of sp³-hybridized carbons (Fsp3) is 0.333. The monoisotopic (exact) mass is 288 g/mol. The number of benzene rings is 1. The molecule has 0 radical (unpaired) electrons. The zero-order valence-electron chi connectivity index (χ0n) is 9.75. The van der Waals surface area contributed by atoms with Crippen molar-refractivity contribution in [3.63, 3.8) is 0 Å². The highest BCUT2D eigenvalue weighted by atomic mass is 32.1. The number of thiocarbonyl (C=S) groups is 1. The summed E-state index contributed by atoms with van der Waals surface area (Å²) in [6, 6.07) is 5.92. The maximum atomic E-state index is 12.7. The SMILES string of the molecule is NC(=S)c1cccc(C(=O)NC2(C(F)(F)F)CC2)c1. The van der Waals surface area contributed by atoms with Gasteiger partial charge < -0.3 is 11.1 Å². The second-order valence-corrected chi connectivity index (χ2v) is 4.92. The van der Waals surface area contributed by atoms with Gasteiger partial charge in [0.15, 0.2) is 0 Å². The summed E-state index contributed by atoms with van der Waals surface area (Å²) >= 11 is 4.76. The van der Waals surface area contributed by atoms with Crippen molar-refractivity contribution in [1.29, 1.82) is 0 Å². The minimum Gasteiger partial charge on any atom is -0.389 e. The van der Waals surface area contributed by atoms with E-state index in [4.69, 9.17) is 18.0 Å². The molecule has 3 N–H and O–H groups in total. The predicted molar refractivity (Wildman–Crippen MR) is 67.8 cm³/mol.